The fourth-order valence-electron chi connectivity index (χ4n) is 4.60. The van der Waals surface area contributed by atoms with Crippen LogP contribution in [0.25, 0.3) is 0 Å². The summed E-state index contributed by atoms with van der Waals surface area (Å²) in [5, 5.41) is 4.52. The van der Waals surface area contributed by atoms with Crippen LogP contribution in [-0.4, -0.2) is 51.2 Å². The molecule has 3 saturated heterocycles. The Morgan fingerprint density at radius 1 is 1.15 bits per heavy atom. The molecule has 5 rings (SSSR count). The first kappa shape index (κ1) is 18.2. The number of amides is 1. The molecule has 2 atom stereocenters. The van der Waals surface area contributed by atoms with Crippen molar-refractivity contribution in [3.05, 3.63) is 53.3 Å². The van der Waals surface area contributed by atoms with Gasteiger partial charge in [0.05, 0.1) is 11.3 Å². The average molecular weight is 367 g/mol. The minimum absolute atomic E-state index is 0.160. The standard InChI is InChI=1S/C22H30N4O/c1-3-11-26-16-21(17(2)23-26)22(27)25-14-19-9-10-20(15-25)24(13-19)12-18-7-5-4-6-8-18/h4-8,16,19-20H,3,9-15H2,1-2H3/t19-,20-/m1/s1. The van der Waals surface area contributed by atoms with Crippen molar-refractivity contribution < 1.29 is 4.79 Å². The summed E-state index contributed by atoms with van der Waals surface area (Å²) in [6, 6.07) is 11.1. The molecule has 0 unspecified atom stereocenters. The maximum Gasteiger partial charge on any atom is 0.257 e. The third-order valence-electron chi connectivity index (χ3n) is 5.97. The number of fused-ring (bicyclic) bond motifs is 4. The van der Waals surface area contributed by atoms with Crippen LogP contribution in [0, 0.1) is 12.8 Å². The van der Waals surface area contributed by atoms with Gasteiger partial charge in [0.2, 0.25) is 0 Å². The predicted octanol–water partition coefficient (Wildman–Crippen LogP) is 3.34. The molecule has 0 spiro atoms. The Bertz CT molecular complexity index is 785. The van der Waals surface area contributed by atoms with Crippen LogP contribution in [0.5, 0.6) is 0 Å². The van der Waals surface area contributed by atoms with Gasteiger partial charge in [-0.05, 0) is 37.7 Å². The van der Waals surface area contributed by atoms with E-state index in [0.717, 1.165) is 50.4 Å². The Morgan fingerprint density at radius 2 is 1.96 bits per heavy atom. The van der Waals surface area contributed by atoms with Crippen LogP contribution in [0.1, 0.15) is 47.8 Å². The van der Waals surface area contributed by atoms with E-state index in [0.29, 0.717) is 12.0 Å². The molecule has 144 valence electrons. The van der Waals surface area contributed by atoms with Gasteiger partial charge in [0, 0.05) is 45.0 Å². The van der Waals surface area contributed by atoms with E-state index in [4.69, 9.17) is 0 Å². The molecule has 0 radical (unpaired) electrons. The van der Waals surface area contributed by atoms with E-state index in [1.807, 2.05) is 17.8 Å². The summed E-state index contributed by atoms with van der Waals surface area (Å²) < 4.78 is 1.91. The van der Waals surface area contributed by atoms with Gasteiger partial charge < -0.3 is 4.90 Å². The lowest BCUT2D eigenvalue weighted by Gasteiger charge is -2.36. The lowest BCUT2D eigenvalue weighted by atomic mass is 9.94. The number of carbonyl (C=O) groups is 1. The molecule has 27 heavy (non-hydrogen) atoms. The predicted molar refractivity (Wildman–Crippen MR) is 107 cm³/mol. The minimum Gasteiger partial charge on any atom is -0.337 e. The fourth-order valence-corrected chi connectivity index (χ4v) is 4.60. The second-order valence-corrected chi connectivity index (χ2v) is 8.11. The van der Waals surface area contributed by atoms with E-state index in [9.17, 15) is 4.79 Å². The quantitative estimate of drug-likeness (QED) is 0.815. The first-order valence-corrected chi connectivity index (χ1v) is 10.3. The molecule has 5 heteroatoms. The first-order chi connectivity index (χ1) is 13.1. The molecule has 3 fully saturated rings. The van der Waals surface area contributed by atoms with Gasteiger partial charge in [0.15, 0.2) is 0 Å². The summed E-state index contributed by atoms with van der Waals surface area (Å²) in [5.74, 6) is 0.732. The molecule has 0 aliphatic carbocycles. The third-order valence-corrected chi connectivity index (χ3v) is 5.97. The molecule has 1 amide bonds. The van der Waals surface area contributed by atoms with Gasteiger partial charge in [-0.3, -0.25) is 14.4 Å². The number of hydrogen-bond donors (Lipinski definition) is 0. The Labute approximate surface area is 162 Å². The van der Waals surface area contributed by atoms with Crippen LogP contribution in [0.3, 0.4) is 0 Å². The van der Waals surface area contributed by atoms with E-state index >= 15 is 0 Å². The van der Waals surface area contributed by atoms with E-state index < -0.39 is 0 Å². The molecule has 0 N–H and O–H groups in total. The first-order valence-electron chi connectivity index (χ1n) is 10.3. The number of aryl methyl sites for hydroxylation is 2. The lowest BCUT2D eigenvalue weighted by molar-refractivity contribution is 0.0735. The summed E-state index contributed by atoms with van der Waals surface area (Å²) in [6.45, 7) is 8.73. The van der Waals surface area contributed by atoms with Gasteiger partial charge >= 0.3 is 0 Å². The van der Waals surface area contributed by atoms with Crippen molar-refractivity contribution in [2.45, 2.75) is 52.2 Å². The van der Waals surface area contributed by atoms with Crippen LogP contribution in [0.2, 0.25) is 0 Å². The Kier molecular flexibility index (Phi) is 5.30. The second-order valence-electron chi connectivity index (χ2n) is 8.11. The van der Waals surface area contributed by atoms with Crippen molar-refractivity contribution in [3.8, 4) is 0 Å². The zero-order valence-electron chi connectivity index (χ0n) is 16.5. The van der Waals surface area contributed by atoms with Crippen molar-refractivity contribution in [3.63, 3.8) is 0 Å². The summed E-state index contributed by atoms with van der Waals surface area (Å²) in [6.07, 6.45) is 5.38. The molecule has 3 aliphatic heterocycles. The molecular weight excluding hydrogens is 336 g/mol. The number of piperidine rings is 1. The average Bonchev–Trinajstić information content (AvgIpc) is 2.83. The third kappa shape index (κ3) is 3.93. The van der Waals surface area contributed by atoms with Gasteiger partial charge in [-0.15, -0.1) is 0 Å². The number of carbonyl (C=O) groups excluding carboxylic acids is 1. The van der Waals surface area contributed by atoms with Gasteiger partial charge in [0.25, 0.3) is 5.91 Å². The highest BCUT2D eigenvalue weighted by atomic mass is 16.2. The van der Waals surface area contributed by atoms with Crippen LogP contribution in [-0.2, 0) is 13.1 Å². The molecule has 2 aromatic rings. The van der Waals surface area contributed by atoms with Crippen molar-refractivity contribution in [1.82, 2.24) is 19.6 Å². The highest BCUT2D eigenvalue weighted by molar-refractivity contribution is 5.95. The topological polar surface area (TPSA) is 41.4 Å². The molecule has 1 aromatic carbocycles. The lowest BCUT2D eigenvalue weighted by Crippen LogP contribution is -2.43. The van der Waals surface area contributed by atoms with E-state index in [-0.39, 0.29) is 5.91 Å². The van der Waals surface area contributed by atoms with Crippen molar-refractivity contribution in [2.75, 3.05) is 19.6 Å². The smallest absolute Gasteiger partial charge is 0.257 e. The zero-order valence-corrected chi connectivity index (χ0v) is 16.5. The normalized spacial score (nSPS) is 22.8. The van der Waals surface area contributed by atoms with Crippen molar-refractivity contribution in [2.24, 2.45) is 5.92 Å². The van der Waals surface area contributed by atoms with E-state index in [2.05, 4.69) is 52.2 Å². The van der Waals surface area contributed by atoms with Gasteiger partial charge in [0.1, 0.15) is 0 Å². The number of aromatic nitrogens is 2. The largest absolute Gasteiger partial charge is 0.337 e. The maximum atomic E-state index is 13.2. The van der Waals surface area contributed by atoms with Crippen molar-refractivity contribution in [1.29, 1.82) is 0 Å². The summed E-state index contributed by atoms with van der Waals surface area (Å²) >= 11 is 0. The summed E-state index contributed by atoms with van der Waals surface area (Å²) in [7, 11) is 0. The van der Waals surface area contributed by atoms with Crippen LogP contribution >= 0.6 is 0 Å². The molecule has 4 heterocycles. The van der Waals surface area contributed by atoms with Crippen LogP contribution in [0.15, 0.2) is 36.5 Å². The molecule has 0 saturated carbocycles. The highest BCUT2D eigenvalue weighted by Gasteiger charge is 2.37. The molecule has 5 nitrogen and oxygen atoms in total. The monoisotopic (exact) mass is 366 g/mol. The van der Waals surface area contributed by atoms with Gasteiger partial charge in [-0.25, -0.2) is 0 Å². The molecular formula is C22H30N4O. The van der Waals surface area contributed by atoms with Crippen LogP contribution in [0.4, 0.5) is 0 Å². The van der Waals surface area contributed by atoms with E-state index in [1.165, 1.54) is 18.4 Å². The Balaban J connectivity index is 1.49. The molecule has 3 aliphatic rings. The fraction of sp³-hybridized carbons (Fsp3) is 0.545. The summed E-state index contributed by atoms with van der Waals surface area (Å²) in [4.78, 5) is 17.9. The van der Waals surface area contributed by atoms with Crippen molar-refractivity contribution >= 4 is 5.91 Å². The Morgan fingerprint density at radius 3 is 2.74 bits per heavy atom. The van der Waals surface area contributed by atoms with Gasteiger partial charge in [-0.1, -0.05) is 37.3 Å². The summed E-state index contributed by atoms with van der Waals surface area (Å²) in [5.41, 5.74) is 2.99. The van der Waals surface area contributed by atoms with E-state index in [1.54, 1.807) is 0 Å². The number of benzene rings is 1. The molecule has 2 bridgehead atoms. The number of rotatable bonds is 5. The maximum absolute atomic E-state index is 13.2. The number of nitrogens with zero attached hydrogens (tertiary/aromatic N) is 4. The molecule has 1 aromatic heterocycles. The van der Waals surface area contributed by atoms with Crippen LogP contribution < -0.4 is 0 Å². The zero-order chi connectivity index (χ0) is 18.8. The Hall–Kier alpha value is -2.14. The number of hydrogen-bond acceptors (Lipinski definition) is 3. The van der Waals surface area contributed by atoms with Gasteiger partial charge in [-0.2, -0.15) is 5.10 Å². The SMILES string of the molecule is CCCn1cc(C(=O)N2C[C@@H]3CC[C@H](C2)N(Cc2ccccc2)C3)c(C)n1. The minimum atomic E-state index is 0.160. The highest BCUT2D eigenvalue weighted by Crippen LogP contribution is 2.30. The second kappa shape index (κ2) is 7.85.